The highest BCUT2D eigenvalue weighted by atomic mass is 32.2. The van der Waals surface area contributed by atoms with Crippen molar-refractivity contribution < 1.29 is 13.2 Å². The Kier molecular flexibility index (Phi) is 4.64. The maximum atomic E-state index is 12.1. The average molecular weight is 281 g/mol. The van der Waals surface area contributed by atoms with Crippen LogP contribution in [0.15, 0.2) is 29.2 Å². The standard InChI is InChI=1S/C12H15N3O3S/c1-8(2)11(12(14)16)15-19(17,18)10-5-3-4-9(6-10)7-13/h3-6,8,11,15H,1-2H3,(H2,14,16). The molecule has 1 amide bonds. The van der Waals surface area contributed by atoms with Gasteiger partial charge in [0.1, 0.15) is 6.04 Å². The van der Waals surface area contributed by atoms with Crippen molar-refractivity contribution in [1.29, 1.82) is 5.26 Å². The average Bonchev–Trinajstić information content (AvgIpc) is 2.35. The van der Waals surface area contributed by atoms with E-state index in [4.69, 9.17) is 11.0 Å². The van der Waals surface area contributed by atoms with Crippen LogP contribution in [0.25, 0.3) is 0 Å². The van der Waals surface area contributed by atoms with Crippen LogP contribution in [0.3, 0.4) is 0 Å². The zero-order valence-corrected chi connectivity index (χ0v) is 11.4. The summed E-state index contributed by atoms with van der Waals surface area (Å²) in [6.07, 6.45) is 0. The lowest BCUT2D eigenvalue weighted by Gasteiger charge is -2.18. The van der Waals surface area contributed by atoms with Crippen LogP contribution >= 0.6 is 0 Å². The molecule has 0 saturated heterocycles. The van der Waals surface area contributed by atoms with Gasteiger partial charge in [-0.25, -0.2) is 8.42 Å². The number of benzene rings is 1. The number of sulfonamides is 1. The number of hydrogen-bond acceptors (Lipinski definition) is 4. The molecule has 19 heavy (non-hydrogen) atoms. The van der Waals surface area contributed by atoms with Crippen LogP contribution < -0.4 is 10.5 Å². The number of nitrogens with one attached hydrogen (secondary N) is 1. The number of carbonyl (C=O) groups excluding carboxylic acids is 1. The van der Waals surface area contributed by atoms with Crippen molar-refractivity contribution in [2.24, 2.45) is 11.7 Å². The van der Waals surface area contributed by atoms with Gasteiger partial charge in [0.05, 0.1) is 16.5 Å². The summed E-state index contributed by atoms with van der Waals surface area (Å²) in [7, 11) is -3.88. The minimum absolute atomic E-state index is 0.0709. The first-order valence-electron chi connectivity index (χ1n) is 5.59. The molecule has 7 heteroatoms. The highest BCUT2D eigenvalue weighted by molar-refractivity contribution is 7.89. The third-order valence-electron chi connectivity index (χ3n) is 2.53. The summed E-state index contributed by atoms with van der Waals surface area (Å²) in [4.78, 5) is 11.1. The predicted octanol–water partition coefficient (Wildman–Crippen LogP) is 0.346. The fourth-order valence-electron chi connectivity index (χ4n) is 1.49. The van der Waals surface area contributed by atoms with Crippen molar-refractivity contribution in [2.45, 2.75) is 24.8 Å². The molecule has 0 aromatic heterocycles. The molecule has 1 aromatic carbocycles. The third kappa shape index (κ3) is 3.77. The van der Waals surface area contributed by atoms with E-state index in [2.05, 4.69) is 4.72 Å². The zero-order chi connectivity index (χ0) is 14.6. The Morgan fingerprint density at radius 1 is 1.42 bits per heavy atom. The monoisotopic (exact) mass is 281 g/mol. The SMILES string of the molecule is CC(C)C(NS(=O)(=O)c1cccc(C#N)c1)C(N)=O. The van der Waals surface area contributed by atoms with Gasteiger partial charge in [-0.1, -0.05) is 19.9 Å². The molecule has 0 radical (unpaired) electrons. The summed E-state index contributed by atoms with van der Waals surface area (Å²) in [6.45, 7) is 3.37. The molecule has 0 heterocycles. The van der Waals surface area contributed by atoms with Gasteiger partial charge >= 0.3 is 0 Å². The number of nitrogens with zero attached hydrogens (tertiary/aromatic N) is 1. The van der Waals surface area contributed by atoms with Crippen LogP contribution in [0, 0.1) is 17.2 Å². The molecular weight excluding hydrogens is 266 g/mol. The molecule has 3 N–H and O–H groups in total. The first-order valence-corrected chi connectivity index (χ1v) is 7.08. The minimum atomic E-state index is -3.88. The van der Waals surface area contributed by atoms with Gasteiger partial charge in [-0.05, 0) is 24.1 Å². The van der Waals surface area contributed by atoms with E-state index in [9.17, 15) is 13.2 Å². The van der Waals surface area contributed by atoms with Crippen LogP contribution in [0.1, 0.15) is 19.4 Å². The lowest BCUT2D eigenvalue weighted by atomic mass is 10.1. The fourth-order valence-corrected chi connectivity index (χ4v) is 2.89. The molecule has 1 atom stereocenters. The molecule has 1 aromatic rings. The second-order valence-electron chi connectivity index (χ2n) is 4.38. The molecule has 1 unspecified atom stereocenters. The summed E-state index contributed by atoms with van der Waals surface area (Å²) in [6, 6.07) is 6.40. The molecule has 0 spiro atoms. The molecule has 102 valence electrons. The Labute approximate surface area is 112 Å². The van der Waals surface area contributed by atoms with E-state index < -0.39 is 22.0 Å². The summed E-state index contributed by atoms with van der Waals surface area (Å²) in [5, 5.41) is 8.75. The minimum Gasteiger partial charge on any atom is -0.368 e. The van der Waals surface area contributed by atoms with Crippen molar-refractivity contribution >= 4 is 15.9 Å². The summed E-state index contributed by atoms with van der Waals surface area (Å²) < 4.78 is 26.4. The van der Waals surface area contributed by atoms with E-state index in [1.165, 1.54) is 24.3 Å². The Morgan fingerprint density at radius 3 is 2.53 bits per heavy atom. The molecule has 0 bridgehead atoms. The van der Waals surface area contributed by atoms with Crippen molar-refractivity contribution in [3.63, 3.8) is 0 Å². The van der Waals surface area contributed by atoms with E-state index >= 15 is 0 Å². The first-order chi connectivity index (χ1) is 8.77. The van der Waals surface area contributed by atoms with Gasteiger partial charge in [0, 0.05) is 0 Å². The number of amides is 1. The lowest BCUT2D eigenvalue weighted by molar-refractivity contribution is -0.120. The smallest absolute Gasteiger partial charge is 0.241 e. The molecule has 6 nitrogen and oxygen atoms in total. The second kappa shape index (κ2) is 5.82. The Morgan fingerprint density at radius 2 is 2.05 bits per heavy atom. The maximum Gasteiger partial charge on any atom is 0.241 e. The van der Waals surface area contributed by atoms with Crippen LogP contribution in [-0.4, -0.2) is 20.4 Å². The summed E-state index contributed by atoms with van der Waals surface area (Å²) >= 11 is 0. The number of carbonyl (C=O) groups is 1. The highest BCUT2D eigenvalue weighted by Crippen LogP contribution is 2.13. The normalized spacial score (nSPS) is 12.9. The molecule has 0 saturated carbocycles. The van der Waals surface area contributed by atoms with Crippen molar-refractivity contribution in [2.75, 3.05) is 0 Å². The van der Waals surface area contributed by atoms with Gasteiger partial charge in [-0.2, -0.15) is 9.98 Å². The number of primary amides is 1. The quantitative estimate of drug-likeness (QED) is 0.810. The van der Waals surface area contributed by atoms with Crippen molar-refractivity contribution in [1.82, 2.24) is 4.72 Å². The van der Waals surface area contributed by atoms with E-state index in [1.807, 2.05) is 6.07 Å². The predicted molar refractivity (Wildman–Crippen MR) is 69.3 cm³/mol. The maximum absolute atomic E-state index is 12.1. The summed E-state index contributed by atoms with van der Waals surface area (Å²) in [5.41, 5.74) is 5.39. The van der Waals surface area contributed by atoms with Crippen LogP contribution in [0.4, 0.5) is 0 Å². The van der Waals surface area contributed by atoms with Gasteiger partial charge in [0.2, 0.25) is 15.9 Å². The lowest BCUT2D eigenvalue weighted by Crippen LogP contribution is -2.47. The largest absolute Gasteiger partial charge is 0.368 e. The van der Waals surface area contributed by atoms with E-state index in [0.29, 0.717) is 0 Å². The molecule has 0 aliphatic heterocycles. The van der Waals surface area contributed by atoms with Crippen LogP contribution in [0.5, 0.6) is 0 Å². The second-order valence-corrected chi connectivity index (χ2v) is 6.10. The van der Waals surface area contributed by atoms with Gasteiger partial charge in [-0.3, -0.25) is 4.79 Å². The van der Waals surface area contributed by atoms with Gasteiger partial charge in [0.25, 0.3) is 0 Å². The van der Waals surface area contributed by atoms with E-state index in [0.717, 1.165) is 0 Å². The Balaban J connectivity index is 3.11. The number of nitriles is 1. The van der Waals surface area contributed by atoms with Crippen molar-refractivity contribution in [3.05, 3.63) is 29.8 Å². The van der Waals surface area contributed by atoms with Gasteiger partial charge < -0.3 is 5.73 Å². The first kappa shape index (κ1) is 15.1. The topological polar surface area (TPSA) is 113 Å². The zero-order valence-electron chi connectivity index (χ0n) is 10.6. The van der Waals surface area contributed by atoms with Crippen LogP contribution in [-0.2, 0) is 14.8 Å². The van der Waals surface area contributed by atoms with E-state index in [-0.39, 0.29) is 16.4 Å². The molecule has 1 rings (SSSR count). The summed E-state index contributed by atoms with van der Waals surface area (Å²) in [5.74, 6) is -1.01. The van der Waals surface area contributed by atoms with Crippen LogP contribution in [0.2, 0.25) is 0 Å². The van der Waals surface area contributed by atoms with E-state index in [1.54, 1.807) is 13.8 Å². The number of nitrogens with two attached hydrogens (primary N) is 1. The molecule has 0 aliphatic rings. The fraction of sp³-hybridized carbons (Fsp3) is 0.333. The number of rotatable bonds is 5. The molecule has 0 fully saturated rings. The van der Waals surface area contributed by atoms with Gasteiger partial charge in [-0.15, -0.1) is 0 Å². The highest BCUT2D eigenvalue weighted by Gasteiger charge is 2.26. The molecule has 0 aliphatic carbocycles. The Hall–Kier alpha value is -1.91. The Bertz CT molecular complexity index is 617. The van der Waals surface area contributed by atoms with Crippen molar-refractivity contribution in [3.8, 4) is 6.07 Å². The van der Waals surface area contributed by atoms with Gasteiger partial charge in [0.15, 0.2) is 0 Å². The molecular formula is C12H15N3O3S. The third-order valence-corrected chi connectivity index (χ3v) is 3.97. The number of hydrogen-bond donors (Lipinski definition) is 2.